The predicted molar refractivity (Wildman–Crippen MR) is 70.6 cm³/mol. The zero-order valence-electron chi connectivity index (χ0n) is 10.6. The third-order valence-corrected chi connectivity index (χ3v) is 2.62. The van der Waals surface area contributed by atoms with Gasteiger partial charge in [0.15, 0.2) is 5.75 Å². The number of hydrogen-bond acceptors (Lipinski definition) is 4. The maximum absolute atomic E-state index is 11.8. The van der Waals surface area contributed by atoms with Gasteiger partial charge in [0.25, 0.3) is 5.91 Å². The first-order valence-electron chi connectivity index (χ1n) is 6.01. The number of para-hydroxylation sites is 1. The van der Waals surface area contributed by atoms with Gasteiger partial charge in [0.1, 0.15) is 0 Å². The van der Waals surface area contributed by atoms with Crippen molar-refractivity contribution in [3.8, 4) is 5.75 Å². The molecule has 1 amide bonds. The lowest BCUT2D eigenvalue weighted by Crippen LogP contribution is -2.24. The molecule has 0 heterocycles. The number of carbonyl (C=O) groups is 1. The van der Waals surface area contributed by atoms with E-state index in [1.165, 1.54) is 0 Å². The number of carbonyl (C=O) groups excluding carboxylic acids is 1. The van der Waals surface area contributed by atoms with Crippen molar-refractivity contribution in [3.63, 3.8) is 0 Å². The molecule has 5 heteroatoms. The highest BCUT2D eigenvalue weighted by Gasteiger charge is 2.11. The smallest absolute Gasteiger partial charge is 0.255 e. The van der Waals surface area contributed by atoms with Crippen molar-refractivity contribution in [2.24, 2.45) is 0 Å². The van der Waals surface area contributed by atoms with Gasteiger partial charge < -0.3 is 20.9 Å². The van der Waals surface area contributed by atoms with Crippen LogP contribution >= 0.6 is 0 Å². The van der Waals surface area contributed by atoms with Crippen molar-refractivity contribution < 1.29 is 14.6 Å². The Balaban J connectivity index is 2.35. The Morgan fingerprint density at radius 3 is 2.89 bits per heavy atom. The van der Waals surface area contributed by atoms with Gasteiger partial charge in [0, 0.05) is 20.3 Å². The molecule has 1 aromatic carbocycles. The lowest BCUT2D eigenvalue weighted by molar-refractivity contribution is 0.0950. The highest BCUT2D eigenvalue weighted by molar-refractivity contribution is 5.98. The van der Waals surface area contributed by atoms with Gasteiger partial charge in [0.05, 0.1) is 11.3 Å². The molecule has 0 spiro atoms. The Bertz CT molecular complexity index is 394. The zero-order chi connectivity index (χ0) is 13.4. The number of methoxy groups -OCH3 is 1. The van der Waals surface area contributed by atoms with Crippen LogP contribution in [0.1, 0.15) is 29.6 Å². The van der Waals surface area contributed by atoms with Crippen LogP contribution in [0.4, 0.5) is 5.69 Å². The van der Waals surface area contributed by atoms with Gasteiger partial charge in [0.2, 0.25) is 0 Å². The van der Waals surface area contributed by atoms with Crippen LogP contribution in [0.3, 0.4) is 0 Å². The van der Waals surface area contributed by atoms with Gasteiger partial charge in [-0.3, -0.25) is 4.79 Å². The lowest BCUT2D eigenvalue weighted by Gasteiger charge is -2.08. The van der Waals surface area contributed by atoms with Gasteiger partial charge in [-0.15, -0.1) is 0 Å². The van der Waals surface area contributed by atoms with E-state index in [1.54, 1.807) is 25.3 Å². The van der Waals surface area contributed by atoms with Gasteiger partial charge in [-0.2, -0.15) is 0 Å². The first-order chi connectivity index (χ1) is 8.66. The molecule has 4 N–H and O–H groups in total. The lowest BCUT2D eigenvalue weighted by atomic mass is 10.1. The van der Waals surface area contributed by atoms with Gasteiger partial charge in [-0.25, -0.2) is 0 Å². The minimum Gasteiger partial charge on any atom is -0.505 e. The summed E-state index contributed by atoms with van der Waals surface area (Å²) in [5.74, 6) is -0.457. The summed E-state index contributed by atoms with van der Waals surface area (Å²) >= 11 is 0. The topological polar surface area (TPSA) is 84.6 Å². The fourth-order valence-corrected chi connectivity index (χ4v) is 1.59. The van der Waals surface area contributed by atoms with Gasteiger partial charge in [-0.05, 0) is 31.4 Å². The summed E-state index contributed by atoms with van der Waals surface area (Å²) in [6.45, 7) is 1.32. The van der Waals surface area contributed by atoms with E-state index < -0.39 is 0 Å². The van der Waals surface area contributed by atoms with Crippen LogP contribution in [-0.4, -0.2) is 31.3 Å². The van der Waals surface area contributed by atoms with Crippen molar-refractivity contribution in [2.45, 2.75) is 19.3 Å². The average molecular weight is 252 g/mol. The van der Waals surface area contributed by atoms with E-state index >= 15 is 0 Å². The van der Waals surface area contributed by atoms with Crippen LogP contribution in [-0.2, 0) is 4.74 Å². The number of phenolic OH excluding ortho intramolecular Hbond substituents is 1. The number of nitrogen functional groups attached to an aromatic ring is 1. The van der Waals surface area contributed by atoms with Crippen LogP contribution in [0.2, 0.25) is 0 Å². The fourth-order valence-electron chi connectivity index (χ4n) is 1.59. The molecule has 0 atom stereocenters. The zero-order valence-corrected chi connectivity index (χ0v) is 10.6. The monoisotopic (exact) mass is 252 g/mol. The molecule has 0 aliphatic carbocycles. The van der Waals surface area contributed by atoms with Crippen LogP contribution in [0.5, 0.6) is 5.75 Å². The second kappa shape index (κ2) is 7.55. The van der Waals surface area contributed by atoms with E-state index in [1.807, 2.05) is 0 Å². The average Bonchev–Trinajstić information content (AvgIpc) is 2.36. The Morgan fingerprint density at radius 2 is 2.17 bits per heavy atom. The minimum absolute atomic E-state index is 0.158. The fraction of sp³-hybridized carbons (Fsp3) is 0.462. The van der Waals surface area contributed by atoms with Crippen molar-refractivity contribution >= 4 is 11.6 Å². The Morgan fingerprint density at radius 1 is 1.39 bits per heavy atom. The summed E-state index contributed by atoms with van der Waals surface area (Å²) in [6.07, 6.45) is 2.87. The number of ether oxygens (including phenoxy) is 1. The number of phenols is 1. The highest BCUT2D eigenvalue weighted by Crippen LogP contribution is 2.23. The summed E-state index contributed by atoms with van der Waals surface area (Å²) in [7, 11) is 1.67. The minimum atomic E-state index is -0.299. The molecule has 100 valence electrons. The highest BCUT2D eigenvalue weighted by atomic mass is 16.5. The first kappa shape index (κ1) is 14.3. The Kier molecular flexibility index (Phi) is 6.00. The number of hydrogen-bond donors (Lipinski definition) is 3. The van der Waals surface area contributed by atoms with E-state index in [4.69, 9.17) is 10.5 Å². The van der Waals surface area contributed by atoms with E-state index in [0.29, 0.717) is 6.54 Å². The Labute approximate surface area is 107 Å². The van der Waals surface area contributed by atoms with E-state index in [9.17, 15) is 9.90 Å². The molecule has 0 aromatic heterocycles. The SMILES string of the molecule is COCCCCCNC(=O)c1cccc(N)c1O. The van der Waals surface area contributed by atoms with Crippen molar-refractivity contribution in [1.29, 1.82) is 0 Å². The second-order valence-corrected chi connectivity index (χ2v) is 4.05. The largest absolute Gasteiger partial charge is 0.505 e. The summed E-state index contributed by atoms with van der Waals surface area (Å²) in [5, 5.41) is 12.4. The van der Waals surface area contributed by atoms with Crippen molar-refractivity contribution in [1.82, 2.24) is 5.32 Å². The predicted octanol–water partition coefficient (Wildman–Crippen LogP) is 1.52. The van der Waals surface area contributed by atoms with Crippen LogP contribution in [0, 0.1) is 0 Å². The molecular formula is C13H20N2O3. The van der Waals surface area contributed by atoms with Gasteiger partial charge in [-0.1, -0.05) is 6.07 Å². The molecule has 0 fully saturated rings. The number of unbranched alkanes of at least 4 members (excludes halogenated alkanes) is 2. The normalized spacial score (nSPS) is 10.3. The molecule has 1 aromatic rings. The molecule has 5 nitrogen and oxygen atoms in total. The number of nitrogens with one attached hydrogen (secondary N) is 1. The third kappa shape index (κ3) is 4.25. The Hall–Kier alpha value is -1.75. The van der Waals surface area contributed by atoms with Crippen molar-refractivity contribution in [2.75, 3.05) is 26.0 Å². The van der Waals surface area contributed by atoms with Gasteiger partial charge >= 0.3 is 0 Å². The maximum atomic E-state index is 11.8. The number of anilines is 1. The first-order valence-corrected chi connectivity index (χ1v) is 6.01. The molecule has 0 saturated heterocycles. The molecule has 0 bridgehead atoms. The van der Waals surface area contributed by atoms with Crippen LogP contribution in [0.15, 0.2) is 18.2 Å². The standard InChI is InChI=1S/C13H20N2O3/c1-18-9-4-2-3-8-15-13(17)10-6-5-7-11(14)12(10)16/h5-7,16H,2-4,8-9,14H2,1H3,(H,15,17). The molecule has 0 aliphatic rings. The second-order valence-electron chi connectivity index (χ2n) is 4.05. The summed E-state index contributed by atoms with van der Waals surface area (Å²) in [5.41, 5.74) is 5.95. The molecular weight excluding hydrogens is 232 g/mol. The summed E-state index contributed by atoms with van der Waals surface area (Å²) in [6, 6.07) is 4.74. The number of nitrogens with two attached hydrogens (primary N) is 1. The van der Waals surface area contributed by atoms with Crippen molar-refractivity contribution in [3.05, 3.63) is 23.8 Å². The molecule has 0 radical (unpaired) electrons. The molecule has 18 heavy (non-hydrogen) atoms. The van der Waals surface area contributed by atoms with E-state index in [-0.39, 0.29) is 22.9 Å². The summed E-state index contributed by atoms with van der Waals surface area (Å²) < 4.78 is 4.93. The van der Waals surface area contributed by atoms with E-state index in [0.717, 1.165) is 25.9 Å². The maximum Gasteiger partial charge on any atom is 0.255 e. The van der Waals surface area contributed by atoms with Crippen LogP contribution in [0.25, 0.3) is 0 Å². The summed E-state index contributed by atoms with van der Waals surface area (Å²) in [4.78, 5) is 11.8. The number of benzene rings is 1. The van der Waals surface area contributed by atoms with E-state index in [2.05, 4.69) is 5.32 Å². The quantitative estimate of drug-likeness (QED) is 0.390. The number of rotatable bonds is 7. The van der Waals surface area contributed by atoms with Crippen LogP contribution < -0.4 is 11.1 Å². The molecule has 1 rings (SSSR count). The number of amides is 1. The molecule has 0 unspecified atom stereocenters. The molecule has 0 saturated carbocycles. The third-order valence-electron chi connectivity index (χ3n) is 2.62. The molecule has 0 aliphatic heterocycles. The number of aromatic hydroxyl groups is 1.